The maximum atomic E-state index is 10.7. The molecule has 1 amide bonds. The molecule has 1 saturated heterocycles. The maximum Gasteiger partial charge on any atom is 0.283 e. The van der Waals surface area contributed by atoms with Crippen molar-refractivity contribution in [2.24, 2.45) is 5.84 Å². The van der Waals surface area contributed by atoms with Gasteiger partial charge in [-0.3, -0.25) is 25.1 Å². The van der Waals surface area contributed by atoms with Gasteiger partial charge in [0.1, 0.15) is 5.69 Å². The Hall–Kier alpha value is -2.31. The van der Waals surface area contributed by atoms with Gasteiger partial charge < -0.3 is 0 Å². The molecular weight excluding hydrogens is 278 g/mol. The second-order valence-corrected chi connectivity index (χ2v) is 5.11. The summed E-state index contributed by atoms with van der Waals surface area (Å²) in [6.45, 7) is 1.22. The number of nitrogen functional groups attached to an aromatic ring is 1. The highest BCUT2D eigenvalue weighted by Gasteiger charge is 2.21. The van der Waals surface area contributed by atoms with Crippen LogP contribution in [0.5, 0.6) is 0 Å². The van der Waals surface area contributed by atoms with E-state index in [0.29, 0.717) is 11.7 Å². The fourth-order valence-electron chi connectivity index (χ4n) is 2.48. The lowest BCUT2D eigenvalue weighted by Gasteiger charge is -2.18. The molecule has 1 fully saturated rings. The Morgan fingerprint density at radius 3 is 2.73 bits per heavy atom. The molecule has 3 heterocycles. The van der Waals surface area contributed by atoms with Crippen molar-refractivity contribution in [3.63, 3.8) is 0 Å². The minimum absolute atomic E-state index is 0.324. The van der Waals surface area contributed by atoms with E-state index in [1.807, 2.05) is 23.9 Å². The molecule has 0 aromatic carbocycles. The molecule has 2 aromatic heterocycles. The third-order valence-corrected chi connectivity index (χ3v) is 3.62. The molecule has 3 N–H and O–H groups in total. The van der Waals surface area contributed by atoms with Crippen molar-refractivity contribution in [3.8, 4) is 0 Å². The molecule has 0 spiro atoms. The van der Waals surface area contributed by atoms with E-state index in [-0.39, 0.29) is 5.91 Å². The van der Waals surface area contributed by atoms with Gasteiger partial charge in [0.05, 0.1) is 0 Å². The second-order valence-electron chi connectivity index (χ2n) is 5.11. The van der Waals surface area contributed by atoms with Gasteiger partial charge in [0, 0.05) is 24.6 Å². The number of likely N-dealkylation sites (tertiary alicyclic amines) is 1. The fraction of sp³-hybridized carbons (Fsp3) is 0.312. The lowest BCUT2D eigenvalue weighted by molar-refractivity contribution is 0.0948. The Balaban J connectivity index is 0.000000164. The van der Waals surface area contributed by atoms with Gasteiger partial charge >= 0.3 is 0 Å². The number of nitrogens with zero attached hydrogens (tertiary/aromatic N) is 3. The Morgan fingerprint density at radius 2 is 2.18 bits per heavy atom. The van der Waals surface area contributed by atoms with Gasteiger partial charge in [0.15, 0.2) is 0 Å². The van der Waals surface area contributed by atoms with Crippen molar-refractivity contribution in [1.29, 1.82) is 0 Å². The molecule has 6 heteroatoms. The van der Waals surface area contributed by atoms with E-state index < -0.39 is 0 Å². The smallest absolute Gasteiger partial charge is 0.283 e. The van der Waals surface area contributed by atoms with Crippen LogP contribution < -0.4 is 11.3 Å². The number of carbonyl (C=O) groups is 1. The van der Waals surface area contributed by atoms with Crippen LogP contribution in [0.1, 0.15) is 34.9 Å². The number of hydrogen-bond donors (Lipinski definition) is 2. The zero-order chi connectivity index (χ0) is 15.8. The standard InChI is InChI=1S/C10H14N2.C6H7N3O/c1-12-7-3-5-10(12)9-4-2-6-11-8-9;7-9-6(10)5-3-1-2-4-8-5/h2,4,6,8,10H,3,5,7H2,1H3;1-4H,7H2,(H,9,10). The summed E-state index contributed by atoms with van der Waals surface area (Å²) < 4.78 is 0. The maximum absolute atomic E-state index is 10.7. The van der Waals surface area contributed by atoms with Gasteiger partial charge in [-0.2, -0.15) is 0 Å². The molecule has 0 bridgehead atoms. The summed E-state index contributed by atoms with van der Waals surface area (Å²) in [6, 6.07) is 9.83. The van der Waals surface area contributed by atoms with Crippen LogP contribution in [0, 0.1) is 0 Å². The highest BCUT2D eigenvalue weighted by atomic mass is 16.2. The Bertz CT molecular complexity index is 576. The van der Waals surface area contributed by atoms with Crippen LogP contribution in [-0.4, -0.2) is 34.4 Å². The first-order valence-corrected chi connectivity index (χ1v) is 7.24. The number of hydrogen-bond acceptors (Lipinski definition) is 5. The van der Waals surface area contributed by atoms with Gasteiger partial charge in [0.2, 0.25) is 0 Å². The number of rotatable bonds is 2. The molecule has 0 saturated carbocycles. The predicted octanol–water partition coefficient (Wildman–Crippen LogP) is 1.53. The van der Waals surface area contributed by atoms with E-state index >= 15 is 0 Å². The summed E-state index contributed by atoms with van der Waals surface area (Å²) in [5.41, 5.74) is 3.66. The molecule has 1 unspecified atom stereocenters. The second kappa shape index (κ2) is 8.21. The van der Waals surface area contributed by atoms with E-state index in [4.69, 9.17) is 5.84 Å². The zero-order valence-corrected chi connectivity index (χ0v) is 12.6. The van der Waals surface area contributed by atoms with Gasteiger partial charge in [-0.25, -0.2) is 5.84 Å². The minimum Gasteiger partial charge on any atom is -0.299 e. The number of hydrazine groups is 1. The fourth-order valence-corrected chi connectivity index (χ4v) is 2.48. The Kier molecular flexibility index (Phi) is 6.00. The van der Waals surface area contributed by atoms with E-state index in [1.54, 1.807) is 18.2 Å². The summed E-state index contributed by atoms with van der Waals surface area (Å²) in [5.74, 6) is 4.49. The normalized spacial score (nSPS) is 17.5. The number of nitrogens with two attached hydrogens (primary N) is 1. The van der Waals surface area contributed by atoms with Crippen LogP contribution in [0.15, 0.2) is 48.9 Å². The highest BCUT2D eigenvalue weighted by molar-refractivity contribution is 5.91. The Morgan fingerprint density at radius 1 is 1.32 bits per heavy atom. The van der Waals surface area contributed by atoms with Crippen LogP contribution in [-0.2, 0) is 0 Å². The van der Waals surface area contributed by atoms with Crippen LogP contribution in [0.25, 0.3) is 0 Å². The number of aromatic nitrogens is 2. The SMILES string of the molecule is CN1CCCC1c1cccnc1.NNC(=O)c1ccccn1. The van der Waals surface area contributed by atoms with Crippen molar-refractivity contribution < 1.29 is 4.79 Å². The minimum atomic E-state index is -0.374. The number of amides is 1. The zero-order valence-electron chi connectivity index (χ0n) is 12.6. The quantitative estimate of drug-likeness (QED) is 0.499. The number of nitrogens with one attached hydrogen (secondary N) is 1. The van der Waals surface area contributed by atoms with Crippen molar-refractivity contribution >= 4 is 5.91 Å². The van der Waals surface area contributed by atoms with E-state index in [0.717, 1.165) is 0 Å². The first kappa shape index (κ1) is 16.1. The van der Waals surface area contributed by atoms with Gasteiger partial charge in [0.25, 0.3) is 5.91 Å². The summed E-state index contributed by atoms with van der Waals surface area (Å²) in [4.78, 5) is 21.0. The Labute approximate surface area is 130 Å². The molecule has 1 aliphatic rings. The molecule has 22 heavy (non-hydrogen) atoms. The van der Waals surface area contributed by atoms with Crippen LogP contribution in [0.4, 0.5) is 0 Å². The average Bonchev–Trinajstić information content (AvgIpc) is 3.02. The monoisotopic (exact) mass is 299 g/mol. The van der Waals surface area contributed by atoms with Crippen LogP contribution in [0.2, 0.25) is 0 Å². The average molecular weight is 299 g/mol. The predicted molar refractivity (Wildman–Crippen MR) is 84.7 cm³/mol. The number of carbonyl (C=O) groups excluding carboxylic acids is 1. The molecule has 1 aliphatic heterocycles. The summed E-state index contributed by atoms with van der Waals surface area (Å²) in [6.07, 6.45) is 7.94. The third-order valence-electron chi connectivity index (χ3n) is 3.62. The summed E-state index contributed by atoms with van der Waals surface area (Å²) >= 11 is 0. The number of pyridine rings is 2. The third kappa shape index (κ3) is 4.34. The molecular formula is C16H21N5O. The van der Waals surface area contributed by atoms with Crippen molar-refractivity contribution in [3.05, 3.63) is 60.2 Å². The summed E-state index contributed by atoms with van der Waals surface area (Å²) in [5, 5.41) is 0. The van der Waals surface area contributed by atoms with Gasteiger partial charge in [-0.05, 0) is 50.2 Å². The van der Waals surface area contributed by atoms with Gasteiger partial charge in [-0.1, -0.05) is 12.1 Å². The largest absolute Gasteiger partial charge is 0.299 e. The van der Waals surface area contributed by atoms with Crippen LogP contribution in [0.3, 0.4) is 0 Å². The molecule has 0 aliphatic carbocycles. The van der Waals surface area contributed by atoms with E-state index in [1.165, 1.54) is 31.1 Å². The van der Waals surface area contributed by atoms with E-state index in [9.17, 15) is 4.79 Å². The van der Waals surface area contributed by atoms with Crippen LogP contribution >= 0.6 is 0 Å². The van der Waals surface area contributed by atoms with Gasteiger partial charge in [-0.15, -0.1) is 0 Å². The molecule has 6 nitrogen and oxygen atoms in total. The van der Waals surface area contributed by atoms with Crippen molar-refractivity contribution in [2.45, 2.75) is 18.9 Å². The highest BCUT2D eigenvalue weighted by Crippen LogP contribution is 2.29. The van der Waals surface area contributed by atoms with Crippen molar-refractivity contribution in [1.82, 2.24) is 20.3 Å². The first-order valence-electron chi connectivity index (χ1n) is 7.24. The first-order chi connectivity index (χ1) is 10.7. The molecule has 116 valence electrons. The molecule has 0 radical (unpaired) electrons. The molecule has 2 aromatic rings. The lowest BCUT2D eigenvalue weighted by Crippen LogP contribution is -2.30. The van der Waals surface area contributed by atoms with Crippen molar-refractivity contribution in [2.75, 3.05) is 13.6 Å². The lowest BCUT2D eigenvalue weighted by atomic mass is 10.1. The summed E-state index contributed by atoms with van der Waals surface area (Å²) in [7, 11) is 2.19. The van der Waals surface area contributed by atoms with E-state index in [2.05, 4.69) is 28.0 Å². The molecule has 3 rings (SSSR count). The topological polar surface area (TPSA) is 84.1 Å². The molecule has 1 atom stereocenters.